The van der Waals surface area contributed by atoms with Crippen LogP contribution in [0.15, 0.2) is 24.3 Å². The van der Waals surface area contributed by atoms with Crippen molar-refractivity contribution in [3.05, 3.63) is 30.7 Å². The van der Waals surface area contributed by atoms with E-state index in [1.807, 2.05) is 0 Å². The number of allylic oxidation sites excluding steroid dienone is 4. The fraction of sp³-hybridized carbons (Fsp3) is 0.545. The van der Waals surface area contributed by atoms with Crippen LogP contribution in [0.5, 0.6) is 0 Å². The Morgan fingerprint density at radius 1 is 0.636 bits per heavy atom. The fourth-order valence-electron chi connectivity index (χ4n) is 1.25. The van der Waals surface area contributed by atoms with Gasteiger partial charge in [0.15, 0.2) is 0 Å². The molecule has 0 heteroatoms. The molecule has 0 bridgehead atoms. The van der Waals surface area contributed by atoms with Crippen LogP contribution >= 0.6 is 0 Å². The molecule has 0 aromatic heterocycles. The van der Waals surface area contributed by atoms with E-state index in [1.165, 1.54) is 25.7 Å². The van der Waals surface area contributed by atoms with Crippen molar-refractivity contribution < 1.29 is 0 Å². The largest absolute Gasteiger partial charge is 0.0882 e. The minimum atomic E-state index is 1.12. The Balaban J connectivity index is 2.22. The van der Waals surface area contributed by atoms with Gasteiger partial charge in [-0.3, -0.25) is 0 Å². The Bertz CT molecular complexity index is 115. The van der Waals surface area contributed by atoms with Crippen molar-refractivity contribution in [3.8, 4) is 0 Å². The van der Waals surface area contributed by atoms with Crippen molar-refractivity contribution in [1.29, 1.82) is 0 Å². The molecule has 0 nitrogen and oxygen atoms in total. The molecule has 11 heavy (non-hydrogen) atoms. The third-order valence-corrected chi connectivity index (χ3v) is 1.94. The van der Waals surface area contributed by atoms with Gasteiger partial charge in [0.05, 0.1) is 0 Å². The average molecular weight is 149 g/mol. The summed E-state index contributed by atoms with van der Waals surface area (Å²) in [4.78, 5) is 0. The minimum absolute atomic E-state index is 1.12. The van der Waals surface area contributed by atoms with Crippen LogP contribution in [-0.2, 0) is 0 Å². The van der Waals surface area contributed by atoms with E-state index < -0.39 is 0 Å². The number of hydrogen-bond donors (Lipinski definition) is 0. The fourth-order valence-corrected chi connectivity index (χ4v) is 1.25. The van der Waals surface area contributed by atoms with Crippen LogP contribution in [-0.4, -0.2) is 0 Å². The van der Waals surface area contributed by atoms with Crippen LogP contribution in [0, 0.1) is 6.42 Å². The van der Waals surface area contributed by atoms with E-state index in [1.54, 1.807) is 0 Å². The van der Waals surface area contributed by atoms with Gasteiger partial charge in [0.2, 0.25) is 0 Å². The third kappa shape index (κ3) is 4.83. The van der Waals surface area contributed by atoms with Gasteiger partial charge in [-0.2, -0.15) is 0 Å². The molecule has 0 atom stereocenters. The van der Waals surface area contributed by atoms with Crippen molar-refractivity contribution in [1.82, 2.24) is 0 Å². The molecule has 0 aromatic rings. The highest BCUT2D eigenvalue weighted by atomic mass is 13.9. The lowest BCUT2D eigenvalue weighted by molar-refractivity contribution is 0.731. The molecule has 1 rings (SSSR count). The molecule has 1 aliphatic rings. The van der Waals surface area contributed by atoms with E-state index in [9.17, 15) is 0 Å². The summed E-state index contributed by atoms with van der Waals surface area (Å²) >= 11 is 0. The lowest BCUT2D eigenvalue weighted by Crippen LogP contribution is -1.76. The van der Waals surface area contributed by atoms with Crippen molar-refractivity contribution in [2.45, 2.75) is 38.5 Å². The second-order valence-corrected chi connectivity index (χ2v) is 2.99. The highest BCUT2D eigenvalue weighted by Crippen LogP contribution is 2.07. The molecule has 0 unspecified atom stereocenters. The Morgan fingerprint density at radius 3 is 2.36 bits per heavy atom. The summed E-state index contributed by atoms with van der Waals surface area (Å²) in [7, 11) is 0. The summed E-state index contributed by atoms with van der Waals surface area (Å²) in [5, 5.41) is 0. The van der Waals surface area contributed by atoms with Crippen molar-refractivity contribution in [3.63, 3.8) is 0 Å². The summed E-state index contributed by atoms with van der Waals surface area (Å²) in [6, 6.07) is 0. The number of rotatable bonds is 0. The Kier molecular flexibility index (Phi) is 4.84. The van der Waals surface area contributed by atoms with Gasteiger partial charge in [-0.1, -0.05) is 30.7 Å². The van der Waals surface area contributed by atoms with Gasteiger partial charge in [-0.25, -0.2) is 0 Å². The maximum absolute atomic E-state index is 2.38. The average Bonchev–Trinajstić information content (AvgIpc) is 2.08. The standard InChI is InChI=1S/C11H17/c1-2-4-6-8-10-11-9-7-5-3-1/h1-2,5-7H,3-4,8-11H2/b2-1+,7-5-. The van der Waals surface area contributed by atoms with E-state index in [4.69, 9.17) is 0 Å². The minimum Gasteiger partial charge on any atom is -0.0882 e. The maximum Gasteiger partial charge on any atom is -0.0169 e. The molecule has 61 valence electrons. The smallest absolute Gasteiger partial charge is 0.0169 e. The SMILES string of the molecule is [CH]1C/C=C/C/C=C\CCCC1. The Labute approximate surface area is 70.0 Å². The molecule has 0 saturated heterocycles. The van der Waals surface area contributed by atoms with E-state index in [0.29, 0.717) is 0 Å². The molecule has 1 aliphatic carbocycles. The van der Waals surface area contributed by atoms with Gasteiger partial charge >= 0.3 is 0 Å². The van der Waals surface area contributed by atoms with Crippen LogP contribution in [0.4, 0.5) is 0 Å². The topological polar surface area (TPSA) is 0 Å². The second kappa shape index (κ2) is 6.21. The highest BCUT2D eigenvalue weighted by Gasteiger charge is 1.88. The quantitative estimate of drug-likeness (QED) is 0.461. The zero-order chi connectivity index (χ0) is 7.78. The molecule has 0 N–H and O–H groups in total. The Hall–Kier alpha value is -0.520. The Morgan fingerprint density at radius 2 is 1.36 bits per heavy atom. The molecule has 0 heterocycles. The monoisotopic (exact) mass is 149 g/mol. The first-order chi connectivity index (χ1) is 5.50. The molecule has 0 spiro atoms. The lowest BCUT2D eigenvalue weighted by atomic mass is 10.1. The van der Waals surface area contributed by atoms with Crippen LogP contribution in [0.25, 0.3) is 0 Å². The van der Waals surface area contributed by atoms with Crippen LogP contribution < -0.4 is 0 Å². The van der Waals surface area contributed by atoms with Crippen LogP contribution in [0.1, 0.15) is 38.5 Å². The highest BCUT2D eigenvalue weighted by molar-refractivity contribution is 4.95. The van der Waals surface area contributed by atoms with Crippen molar-refractivity contribution in [2.24, 2.45) is 0 Å². The second-order valence-electron chi connectivity index (χ2n) is 2.99. The summed E-state index contributed by atoms with van der Waals surface area (Å²) in [6.45, 7) is 0. The van der Waals surface area contributed by atoms with E-state index in [-0.39, 0.29) is 0 Å². The molecule has 0 aromatic carbocycles. The van der Waals surface area contributed by atoms with Gasteiger partial charge in [0, 0.05) is 0 Å². The summed E-state index contributed by atoms with van der Waals surface area (Å²) in [6.07, 6.45) is 19.0. The zero-order valence-electron chi connectivity index (χ0n) is 7.13. The zero-order valence-corrected chi connectivity index (χ0v) is 7.13. The molecule has 0 saturated carbocycles. The van der Waals surface area contributed by atoms with Crippen LogP contribution in [0.2, 0.25) is 0 Å². The van der Waals surface area contributed by atoms with Crippen molar-refractivity contribution >= 4 is 0 Å². The predicted molar refractivity (Wildman–Crippen MR) is 50.3 cm³/mol. The molecule has 1 radical (unpaired) electrons. The summed E-state index contributed by atoms with van der Waals surface area (Å²) < 4.78 is 0. The first-order valence-corrected chi connectivity index (χ1v) is 4.62. The molecular weight excluding hydrogens is 132 g/mol. The molecule has 0 fully saturated rings. The van der Waals surface area contributed by atoms with Crippen molar-refractivity contribution in [2.75, 3.05) is 0 Å². The predicted octanol–water partition coefficient (Wildman–Crippen LogP) is 3.66. The van der Waals surface area contributed by atoms with Gasteiger partial charge in [-0.15, -0.1) is 0 Å². The summed E-state index contributed by atoms with van der Waals surface area (Å²) in [5.41, 5.74) is 0. The van der Waals surface area contributed by atoms with Gasteiger partial charge in [-0.05, 0) is 38.5 Å². The van der Waals surface area contributed by atoms with Gasteiger partial charge in [0.1, 0.15) is 0 Å². The van der Waals surface area contributed by atoms with E-state index >= 15 is 0 Å². The summed E-state index contributed by atoms with van der Waals surface area (Å²) in [5.74, 6) is 0. The number of hydrogen-bond acceptors (Lipinski definition) is 0. The molecule has 0 aliphatic heterocycles. The normalized spacial score (nSPS) is 26.9. The van der Waals surface area contributed by atoms with E-state index in [0.717, 1.165) is 12.8 Å². The molecule has 0 amide bonds. The lowest BCUT2D eigenvalue weighted by Gasteiger charge is -1.94. The van der Waals surface area contributed by atoms with Gasteiger partial charge < -0.3 is 0 Å². The third-order valence-electron chi connectivity index (χ3n) is 1.94. The first kappa shape index (κ1) is 8.58. The maximum atomic E-state index is 2.38. The molecular formula is C11H17. The van der Waals surface area contributed by atoms with E-state index in [2.05, 4.69) is 30.7 Å². The first-order valence-electron chi connectivity index (χ1n) is 4.62. The van der Waals surface area contributed by atoms with Gasteiger partial charge in [0.25, 0.3) is 0 Å². The van der Waals surface area contributed by atoms with Crippen LogP contribution in [0.3, 0.4) is 0 Å².